The summed E-state index contributed by atoms with van der Waals surface area (Å²) in [6, 6.07) is 9.33. The average molecular weight is 381 g/mol. The number of nitrogens with zero attached hydrogens (tertiary/aromatic N) is 1. The summed E-state index contributed by atoms with van der Waals surface area (Å²) in [4.78, 5) is 0. The maximum absolute atomic E-state index is 6.34. The quantitative estimate of drug-likeness (QED) is 0.455. The molecule has 134 valence electrons. The Morgan fingerprint density at radius 3 is 2.56 bits per heavy atom. The van der Waals surface area contributed by atoms with Gasteiger partial charge in [0.05, 0.1) is 30.1 Å². The Bertz CT molecular complexity index is 748. The van der Waals surface area contributed by atoms with Crippen LogP contribution >= 0.6 is 23.2 Å². The summed E-state index contributed by atoms with van der Waals surface area (Å²) in [5.41, 5.74) is 5.59. The molecule has 0 bridgehead atoms. The highest BCUT2D eigenvalue weighted by atomic mass is 35.5. The zero-order chi connectivity index (χ0) is 18.2. The maximum Gasteiger partial charge on any atom is 0.179 e. The number of rotatable bonds is 8. The van der Waals surface area contributed by atoms with Crippen LogP contribution in [0.4, 0.5) is 5.69 Å². The van der Waals surface area contributed by atoms with Crippen molar-refractivity contribution in [1.82, 2.24) is 0 Å². The summed E-state index contributed by atoms with van der Waals surface area (Å²) in [5.74, 6) is 1.18. The van der Waals surface area contributed by atoms with Crippen molar-refractivity contribution < 1.29 is 9.47 Å². The second-order valence-corrected chi connectivity index (χ2v) is 6.26. The van der Waals surface area contributed by atoms with E-state index in [1.807, 2.05) is 45.0 Å². The van der Waals surface area contributed by atoms with Gasteiger partial charge in [-0.05, 0) is 55.7 Å². The average Bonchev–Trinajstić information content (AvgIpc) is 2.58. The first-order valence-electron chi connectivity index (χ1n) is 8.19. The predicted octanol–water partition coefficient (Wildman–Crippen LogP) is 5.94. The lowest BCUT2D eigenvalue weighted by atomic mass is 10.2. The maximum atomic E-state index is 6.34. The van der Waals surface area contributed by atoms with Gasteiger partial charge < -0.3 is 9.47 Å². The molecule has 0 radical (unpaired) electrons. The molecule has 2 rings (SSSR count). The zero-order valence-electron chi connectivity index (χ0n) is 14.6. The standard InChI is InChI=1S/C19H22Cl2N2O2/c1-4-8-25-19-17(21)9-14(10-18(19)24-5-2)12-22-23-15-7-6-13(3)16(20)11-15/h6-7,9-12,23H,4-5,8H2,1-3H3/b22-12+. The van der Waals surface area contributed by atoms with Gasteiger partial charge in [-0.1, -0.05) is 36.2 Å². The van der Waals surface area contributed by atoms with E-state index in [4.69, 9.17) is 32.7 Å². The molecule has 0 aromatic heterocycles. The van der Waals surface area contributed by atoms with Gasteiger partial charge in [0.15, 0.2) is 11.5 Å². The van der Waals surface area contributed by atoms with Gasteiger partial charge in [-0.2, -0.15) is 5.10 Å². The molecule has 1 N–H and O–H groups in total. The van der Waals surface area contributed by atoms with Gasteiger partial charge in [-0.3, -0.25) is 5.43 Å². The summed E-state index contributed by atoms with van der Waals surface area (Å²) in [7, 11) is 0. The minimum absolute atomic E-state index is 0.499. The Morgan fingerprint density at radius 2 is 1.88 bits per heavy atom. The highest BCUT2D eigenvalue weighted by molar-refractivity contribution is 6.32. The Hall–Kier alpha value is -1.91. The number of benzene rings is 2. The SMILES string of the molecule is CCCOc1c(Cl)cc(/C=N/Nc2ccc(C)c(Cl)c2)cc1OCC. The largest absolute Gasteiger partial charge is 0.490 e. The van der Waals surface area contributed by atoms with Crippen LogP contribution in [0.5, 0.6) is 11.5 Å². The highest BCUT2D eigenvalue weighted by Gasteiger charge is 2.11. The second kappa shape index (κ2) is 9.54. The lowest BCUT2D eigenvalue weighted by Crippen LogP contribution is -2.02. The Balaban J connectivity index is 2.16. The minimum Gasteiger partial charge on any atom is -0.490 e. The third kappa shape index (κ3) is 5.55. The molecule has 0 saturated heterocycles. The van der Waals surface area contributed by atoms with Crippen LogP contribution in [0, 0.1) is 6.92 Å². The van der Waals surface area contributed by atoms with E-state index in [0.717, 1.165) is 23.2 Å². The van der Waals surface area contributed by atoms with Gasteiger partial charge in [-0.25, -0.2) is 0 Å². The smallest absolute Gasteiger partial charge is 0.179 e. The molecule has 0 aliphatic rings. The normalized spacial score (nSPS) is 10.9. The fourth-order valence-electron chi connectivity index (χ4n) is 2.11. The van der Waals surface area contributed by atoms with Gasteiger partial charge in [-0.15, -0.1) is 0 Å². The van der Waals surface area contributed by atoms with E-state index < -0.39 is 0 Å². The highest BCUT2D eigenvalue weighted by Crippen LogP contribution is 2.36. The fourth-order valence-corrected chi connectivity index (χ4v) is 2.57. The number of ether oxygens (including phenoxy) is 2. The van der Waals surface area contributed by atoms with Gasteiger partial charge in [0.2, 0.25) is 0 Å². The number of nitrogens with one attached hydrogen (secondary N) is 1. The van der Waals surface area contributed by atoms with E-state index in [1.54, 1.807) is 12.3 Å². The molecule has 4 nitrogen and oxygen atoms in total. The molecule has 0 heterocycles. The molecule has 0 amide bonds. The molecule has 2 aromatic carbocycles. The lowest BCUT2D eigenvalue weighted by molar-refractivity contribution is 0.277. The Morgan fingerprint density at radius 1 is 1.08 bits per heavy atom. The lowest BCUT2D eigenvalue weighted by Gasteiger charge is -2.13. The van der Waals surface area contributed by atoms with Crippen molar-refractivity contribution in [2.45, 2.75) is 27.2 Å². The zero-order valence-corrected chi connectivity index (χ0v) is 16.1. The molecule has 0 atom stereocenters. The molecule has 0 spiro atoms. The van der Waals surface area contributed by atoms with Gasteiger partial charge >= 0.3 is 0 Å². The summed E-state index contributed by atoms with van der Waals surface area (Å²) in [6.07, 6.45) is 2.57. The minimum atomic E-state index is 0.499. The number of hydrogen-bond acceptors (Lipinski definition) is 4. The number of hydrogen-bond donors (Lipinski definition) is 1. The van der Waals surface area contributed by atoms with Crippen LogP contribution in [-0.2, 0) is 0 Å². The van der Waals surface area contributed by atoms with Crippen molar-refractivity contribution in [2.24, 2.45) is 5.10 Å². The molecule has 0 saturated carbocycles. The van der Waals surface area contributed by atoms with E-state index in [9.17, 15) is 0 Å². The second-order valence-electron chi connectivity index (χ2n) is 5.45. The van der Waals surface area contributed by atoms with E-state index in [1.165, 1.54) is 0 Å². The third-order valence-electron chi connectivity index (χ3n) is 3.36. The van der Waals surface area contributed by atoms with E-state index in [-0.39, 0.29) is 0 Å². The van der Waals surface area contributed by atoms with Crippen molar-refractivity contribution in [2.75, 3.05) is 18.6 Å². The predicted molar refractivity (Wildman–Crippen MR) is 106 cm³/mol. The summed E-state index contributed by atoms with van der Waals surface area (Å²) >= 11 is 12.4. The first kappa shape index (κ1) is 19.4. The summed E-state index contributed by atoms with van der Waals surface area (Å²) < 4.78 is 11.3. The molecular formula is C19H22Cl2N2O2. The van der Waals surface area contributed by atoms with Gasteiger partial charge in [0, 0.05) is 5.02 Å². The van der Waals surface area contributed by atoms with Crippen LogP contribution in [0.2, 0.25) is 10.0 Å². The molecular weight excluding hydrogens is 359 g/mol. The van der Waals surface area contributed by atoms with Crippen LogP contribution in [0.25, 0.3) is 0 Å². The monoisotopic (exact) mass is 380 g/mol. The first-order valence-corrected chi connectivity index (χ1v) is 8.95. The van der Waals surface area contributed by atoms with Crippen LogP contribution in [-0.4, -0.2) is 19.4 Å². The molecule has 0 aliphatic heterocycles. The Kier molecular flexibility index (Phi) is 7.41. The molecule has 2 aromatic rings. The summed E-state index contributed by atoms with van der Waals surface area (Å²) in [5, 5.41) is 5.42. The number of hydrazone groups is 1. The first-order chi connectivity index (χ1) is 12.0. The summed E-state index contributed by atoms with van der Waals surface area (Å²) in [6.45, 7) is 7.02. The number of halogens is 2. The molecule has 0 fully saturated rings. The van der Waals surface area contributed by atoms with Gasteiger partial charge in [0.25, 0.3) is 0 Å². The molecule has 0 unspecified atom stereocenters. The molecule has 0 aliphatic carbocycles. The molecule has 6 heteroatoms. The van der Waals surface area contributed by atoms with E-state index in [0.29, 0.717) is 34.8 Å². The topological polar surface area (TPSA) is 42.8 Å². The number of anilines is 1. The van der Waals surface area contributed by atoms with Crippen molar-refractivity contribution >= 4 is 35.1 Å². The van der Waals surface area contributed by atoms with Crippen LogP contribution < -0.4 is 14.9 Å². The van der Waals surface area contributed by atoms with Crippen LogP contribution in [0.15, 0.2) is 35.4 Å². The molecule has 25 heavy (non-hydrogen) atoms. The third-order valence-corrected chi connectivity index (χ3v) is 4.05. The van der Waals surface area contributed by atoms with Crippen molar-refractivity contribution in [3.8, 4) is 11.5 Å². The fraction of sp³-hybridized carbons (Fsp3) is 0.316. The Labute approximate surface area is 158 Å². The van der Waals surface area contributed by atoms with Crippen molar-refractivity contribution in [3.63, 3.8) is 0 Å². The van der Waals surface area contributed by atoms with E-state index in [2.05, 4.69) is 10.5 Å². The van der Waals surface area contributed by atoms with Crippen LogP contribution in [0.1, 0.15) is 31.4 Å². The van der Waals surface area contributed by atoms with E-state index >= 15 is 0 Å². The number of aryl methyl sites for hydroxylation is 1. The van der Waals surface area contributed by atoms with Crippen molar-refractivity contribution in [3.05, 3.63) is 51.5 Å². The van der Waals surface area contributed by atoms with Gasteiger partial charge in [0.1, 0.15) is 0 Å². The van der Waals surface area contributed by atoms with Crippen LogP contribution in [0.3, 0.4) is 0 Å². The van der Waals surface area contributed by atoms with Crippen molar-refractivity contribution in [1.29, 1.82) is 0 Å².